The van der Waals surface area contributed by atoms with Gasteiger partial charge in [0.15, 0.2) is 5.76 Å². The van der Waals surface area contributed by atoms with Crippen molar-refractivity contribution in [1.29, 1.82) is 0 Å². The van der Waals surface area contributed by atoms with E-state index in [-0.39, 0.29) is 41.5 Å². The van der Waals surface area contributed by atoms with Crippen LogP contribution in [0.5, 0.6) is 0 Å². The fourth-order valence-electron chi connectivity index (χ4n) is 7.97. The van der Waals surface area contributed by atoms with Crippen LogP contribution in [-0.2, 0) is 20.8 Å². The van der Waals surface area contributed by atoms with Crippen LogP contribution in [0, 0.1) is 5.92 Å². The Bertz CT molecular complexity index is 1560. The average Bonchev–Trinajstić information content (AvgIpc) is 3.86. The van der Waals surface area contributed by atoms with Crippen LogP contribution in [0.4, 0.5) is 0 Å². The van der Waals surface area contributed by atoms with Crippen LogP contribution >= 0.6 is 0 Å². The predicted molar refractivity (Wildman–Crippen MR) is 184 cm³/mol. The Hall–Kier alpha value is -4.18. The zero-order valence-corrected chi connectivity index (χ0v) is 28.1. The second kappa shape index (κ2) is 14.9. The Morgan fingerprint density at radius 1 is 0.875 bits per heavy atom. The molecule has 256 valence electrons. The molecular weight excluding hydrogens is 606 g/mol. The molecule has 10 heteroatoms. The van der Waals surface area contributed by atoms with E-state index >= 15 is 0 Å². The minimum Gasteiger partial charge on any atom is -0.451 e. The van der Waals surface area contributed by atoms with Crippen LogP contribution in [0.2, 0.25) is 0 Å². The summed E-state index contributed by atoms with van der Waals surface area (Å²) in [6.45, 7) is 0. The van der Waals surface area contributed by atoms with E-state index in [1.807, 2.05) is 48.5 Å². The number of nitrogens with zero attached hydrogens (tertiary/aromatic N) is 1. The van der Waals surface area contributed by atoms with Gasteiger partial charge < -0.3 is 30.6 Å². The molecule has 0 aliphatic heterocycles. The Morgan fingerprint density at radius 3 is 2.35 bits per heavy atom. The highest BCUT2D eigenvalue weighted by Gasteiger charge is 2.44. The van der Waals surface area contributed by atoms with Crippen molar-refractivity contribution >= 4 is 34.6 Å². The summed E-state index contributed by atoms with van der Waals surface area (Å²) in [7, 11) is 4.15. The normalized spacial score (nSPS) is 24.2. The van der Waals surface area contributed by atoms with Crippen LogP contribution in [-0.4, -0.2) is 72.3 Å². The van der Waals surface area contributed by atoms with E-state index in [4.69, 9.17) is 4.42 Å². The van der Waals surface area contributed by atoms with Gasteiger partial charge >= 0.3 is 0 Å². The summed E-state index contributed by atoms with van der Waals surface area (Å²) in [5.41, 5.74) is 0.368. The molecule has 1 aromatic heterocycles. The van der Waals surface area contributed by atoms with Gasteiger partial charge in [0.1, 0.15) is 17.2 Å². The smallest absolute Gasteiger partial charge is 0.287 e. The van der Waals surface area contributed by atoms with E-state index in [1.54, 1.807) is 12.1 Å². The first-order valence-corrected chi connectivity index (χ1v) is 17.6. The Kier molecular flexibility index (Phi) is 10.5. The lowest BCUT2D eigenvalue weighted by atomic mass is 9.89. The molecule has 4 N–H and O–H groups in total. The number of carbonyl (C=O) groups is 4. The number of hydrogen-bond acceptors (Lipinski definition) is 6. The maximum absolute atomic E-state index is 14.1. The van der Waals surface area contributed by atoms with Crippen molar-refractivity contribution in [2.45, 2.75) is 107 Å². The van der Waals surface area contributed by atoms with Gasteiger partial charge in [0.05, 0.1) is 0 Å². The molecule has 0 radical (unpaired) electrons. The molecular formula is C38H49N5O5. The predicted octanol–water partition coefficient (Wildman–Crippen LogP) is 4.48. The van der Waals surface area contributed by atoms with Crippen LogP contribution in [0.3, 0.4) is 0 Å². The molecule has 4 amide bonds. The minimum absolute atomic E-state index is 0.0722. The quantitative estimate of drug-likeness (QED) is 0.241. The van der Waals surface area contributed by atoms with Gasteiger partial charge in [0, 0.05) is 35.9 Å². The largest absolute Gasteiger partial charge is 0.451 e. The lowest BCUT2D eigenvalue weighted by Gasteiger charge is -2.37. The van der Waals surface area contributed by atoms with Crippen molar-refractivity contribution in [1.82, 2.24) is 26.2 Å². The molecule has 0 spiro atoms. The fourth-order valence-corrected chi connectivity index (χ4v) is 7.97. The lowest BCUT2D eigenvalue weighted by Crippen LogP contribution is -2.61. The van der Waals surface area contributed by atoms with Crippen molar-refractivity contribution in [3.8, 4) is 0 Å². The third kappa shape index (κ3) is 7.75. The molecule has 2 aromatic carbocycles. The van der Waals surface area contributed by atoms with E-state index in [0.29, 0.717) is 50.1 Å². The van der Waals surface area contributed by atoms with Crippen molar-refractivity contribution < 1.29 is 23.6 Å². The fraction of sp³-hybridized carbons (Fsp3) is 0.526. The number of carbonyl (C=O) groups excluding carboxylic acids is 4. The van der Waals surface area contributed by atoms with Gasteiger partial charge in [-0.15, -0.1) is 0 Å². The molecule has 3 saturated carbocycles. The molecule has 1 heterocycles. The van der Waals surface area contributed by atoms with E-state index in [9.17, 15) is 19.2 Å². The van der Waals surface area contributed by atoms with E-state index in [2.05, 4.69) is 40.3 Å². The highest BCUT2D eigenvalue weighted by molar-refractivity contribution is 6.01. The Balaban J connectivity index is 1.11. The minimum atomic E-state index is -1.15. The second-order valence-corrected chi connectivity index (χ2v) is 14.3. The van der Waals surface area contributed by atoms with E-state index < -0.39 is 17.5 Å². The highest BCUT2D eigenvalue weighted by Crippen LogP contribution is 2.32. The molecule has 3 aromatic rings. The summed E-state index contributed by atoms with van der Waals surface area (Å²) in [5.74, 6) is -1.04. The van der Waals surface area contributed by atoms with Crippen molar-refractivity contribution in [3.05, 3.63) is 72.0 Å². The number of rotatable bonds is 11. The summed E-state index contributed by atoms with van der Waals surface area (Å²) in [5, 5.41) is 13.3. The first-order valence-electron chi connectivity index (χ1n) is 17.6. The summed E-state index contributed by atoms with van der Waals surface area (Å²) < 4.78 is 5.78. The van der Waals surface area contributed by atoms with Gasteiger partial charge in [-0.3, -0.25) is 19.2 Å². The first-order chi connectivity index (χ1) is 23.2. The number of likely N-dealkylation sites (N-methyl/N-ethyl adjacent to an activating group) is 1. The number of furan rings is 1. The summed E-state index contributed by atoms with van der Waals surface area (Å²) in [6.07, 6.45) is 9.17. The molecule has 0 bridgehead atoms. The zero-order chi connectivity index (χ0) is 33.7. The number of amides is 4. The van der Waals surface area contributed by atoms with Crippen LogP contribution in [0.1, 0.15) is 86.7 Å². The van der Waals surface area contributed by atoms with Crippen LogP contribution in [0.15, 0.2) is 65.1 Å². The van der Waals surface area contributed by atoms with Crippen LogP contribution in [0.25, 0.3) is 11.0 Å². The maximum atomic E-state index is 14.1. The Labute approximate surface area is 282 Å². The summed E-state index contributed by atoms with van der Waals surface area (Å²) in [6, 6.07) is 18.1. The monoisotopic (exact) mass is 655 g/mol. The molecule has 5 atom stereocenters. The van der Waals surface area contributed by atoms with Gasteiger partial charge in [-0.2, -0.15) is 0 Å². The molecule has 3 aliphatic carbocycles. The number of benzene rings is 2. The maximum Gasteiger partial charge on any atom is 0.287 e. The lowest BCUT2D eigenvalue weighted by molar-refractivity contribution is -0.132. The average molecular weight is 656 g/mol. The standard InChI is InChI=1S/C38H49N5O5/c1-43(2)31-16-8-7-15-29(31)40-34(44)27-18-19-28(23-27)39-35(45)30(22-25-12-4-3-5-13-25)41-37(47)38(20-10-11-21-38)42-36(46)33-24-26-14-6-9-17-32(26)48-33/h3-6,9,12-14,17,24,27-31H,7-8,10-11,15-16,18-23H2,1-2H3,(H,39,45)(H,40,44)(H,41,47)(H,42,46)/t27-,28+,29+,30-,31+/m1/s1. The SMILES string of the molecule is CN(C)[C@H]1CCCC[C@@H]1NC(=O)[C@@H]1CC[C@H](NC(=O)[C@@H](Cc2ccccc2)NC(=O)C2(NC(=O)c3cc4ccccc4o3)CCCC2)C1. The summed E-state index contributed by atoms with van der Waals surface area (Å²) >= 11 is 0. The second-order valence-electron chi connectivity index (χ2n) is 14.3. The molecule has 0 unspecified atom stereocenters. The van der Waals surface area contributed by atoms with Crippen molar-refractivity contribution in [3.63, 3.8) is 0 Å². The van der Waals surface area contributed by atoms with Crippen molar-refractivity contribution in [2.24, 2.45) is 5.92 Å². The molecule has 3 aliphatic rings. The summed E-state index contributed by atoms with van der Waals surface area (Å²) in [4.78, 5) is 56.9. The molecule has 10 nitrogen and oxygen atoms in total. The molecule has 6 rings (SSSR count). The number of hydrogen-bond donors (Lipinski definition) is 4. The van der Waals surface area contributed by atoms with Crippen molar-refractivity contribution in [2.75, 3.05) is 14.1 Å². The van der Waals surface area contributed by atoms with Gasteiger partial charge in [0.25, 0.3) is 5.91 Å². The van der Waals surface area contributed by atoms with Crippen LogP contribution < -0.4 is 21.3 Å². The van der Waals surface area contributed by atoms with Gasteiger partial charge in [-0.1, -0.05) is 74.2 Å². The van der Waals surface area contributed by atoms with Gasteiger partial charge in [-0.05, 0) is 76.7 Å². The molecule has 0 saturated heterocycles. The Morgan fingerprint density at radius 2 is 1.60 bits per heavy atom. The van der Waals surface area contributed by atoms with Gasteiger partial charge in [-0.25, -0.2) is 0 Å². The van der Waals surface area contributed by atoms with Gasteiger partial charge in [0.2, 0.25) is 17.7 Å². The van der Waals surface area contributed by atoms with E-state index in [0.717, 1.165) is 43.1 Å². The zero-order valence-electron chi connectivity index (χ0n) is 28.1. The highest BCUT2D eigenvalue weighted by atomic mass is 16.3. The number of fused-ring (bicyclic) bond motifs is 1. The third-order valence-electron chi connectivity index (χ3n) is 10.7. The number of nitrogens with one attached hydrogen (secondary N) is 4. The molecule has 3 fully saturated rings. The molecule has 48 heavy (non-hydrogen) atoms. The third-order valence-corrected chi connectivity index (χ3v) is 10.7. The first kappa shape index (κ1) is 33.7. The topological polar surface area (TPSA) is 133 Å². The number of para-hydroxylation sites is 1. The van der Waals surface area contributed by atoms with E-state index in [1.165, 1.54) is 6.42 Å².